The Hall–Kier alpha value is -1.90. The molecular weight excluding hydrogens is 232 g/mol. The molecule has 0 saturated heterocycles. The minimum atomic E-state index is -0.275. The summed E-state index contributed by atoms with van der Waals surface area (Å²) in [6.45, 7) is 0.316. The molecule has 0 heterocycles. The number of hydrogen-bond donors (Lipinski definition) is 2. The number of methoxy groups -OCH3 is 1. The summed E-state index contributed by atoms with van der Waals surface area (Å²) in [5.41, 5.74) is 0.862. The highest BCUT2D eigenvalue weighted by Crippen LogP contribution is 2.05. The number of amides is 1. The molecule has 0 spiro atoms. The zero-order valence-electron chi connectivity index (χ0n) is 10.2. The van der Waals surface area contributed by atoms with Crippen LogP contribution in [0.3, 0.4) is 0 Å². The number of benzene rings is 1. The molecule has 0 saturated carbocycles. The van der Waals surface area contributed by atoms with E-state index in [1.165, 1.54) is 13.2 Å². The highest BCUT2D eigenvalue weighted by atomic mass is 16.5. The average molecular weight is 248 g/mol. The molecule has 5 heteroatoms. The van der Waals surface area contributed by atoms with E-state index >= 15 is 0 Å². The van der Waals surface area contributed by atoms with Crippen LogP contribution in [0.2, 0.25) is 0 Å². The van der Waals surface area contributed by atoms with Crippen molar-refractivity contribution < 1.29 is 14.6 Å². The molecule has 0 fully saturated rings. The Bertz CT molecular complexity index is 434. The summed E-state index contributed by atoms with van der Waals surface area (Å²) >= 11 is 0. The van der Waals surface area contributed by atoms with Gasteiger partial charge in [-0.25, -0.2) is 0 Å². The average Bonchev–Trinajstić information content (AvgIpc) is 2.39. The number of aliphatic hydroxyl groups is 1. The number of nitriles is 1. The number of carbonyl (C=O) groups excluding carboxylic acids is 1. The zero-order valence-corrected chi connectivity index (χ0v) is 10.2. The molecule has 0 aliphatic heterocycles. The Kier molecular flexibility index (Phi) is 5.85. The summed E-state index contributed by atoms with van der Waals surface area (Å²) in [5, 5.41) is 20.4. The van der Waals surface area contributed by atoms with Crippen molar-refractivity contribution in [2.75, 3.05) is 20.3 Å². The summed E-state index contributed by atoms with van der Waals surface area (Å²) < 4.78 is 4.96. The fourth-order valence-corrected chi connectivity index (χ4v) is 1.55. The number of nitrogens with zero attached hydrogens (tertiary/aromatic N) is 1. The van der Waals surface area contributed by atoms with Crippen LogP contribution in [0, 0.1) is 11.3 Å². The summed E-state index contributed by atoms with van der Waals surface area (Å²) in [7, 11) is 1.53. The third-order valence-corrected chi connectivity index (χ3v) is 2.43. The standard InChI is InChI=1S/C13H16N2O3/c1-18-9-12(5-6-16)15-13(17)11-4-2-3-10(7-11)8-14/h2-4,7,12,16H,5-6,9H2,1H3,(H,15,17). The second kappa shape index (κ2) is 7.43. The van der Waals surface area contributed by atoms with Gasteiger partial charge in [-0.05, 0) is 24.6 Å². The molecule has 1 amide bonds. The lowest BCUT2D eigenvalue weighted by atomic mass is 10.1. The molecule has 1 aromatic carbocycles. The van der Waals surface area contributed by atoms with Crippen molar-refractivity contribution in [3.63, 3.8) is 0 Å². The van der Waals surface area contributed by atoms with E-state index in [0.717, 1.165) is 0 Å². The van der Waals surface area contributed by atoms with Gasteiger partial charge in [-0.2, -0.15) is 5.26 Å². The monoisotopic (exact) mass is 248 g/mol. The number of aliphatic hydroxyl groups excluding tert-OH is 1. The highest BCUT2D eigenvalue weighted by Gasteiger charge is 2.13. The summed E-state index contributed by atoms with van der Waals surface area (Å²) in [6.07, 6.45) is 0.428. The van der Waals surface area contributed by atoms with E-state index < -0.39 is 0 Å². The Morgan fingerprint density at radius 1 is 1.61 bits per heavy atom. The second-order valence-corrected chi connectivity index (χ2v) is 3.83. The van der Waals surface area contributed by atoms with Gasteiger partial charge in [0.15, 0.2) is 0 Å². The van der Waals surface area contributed by atoms with Crippen molar-refractivity contribution in [1.29, 1.82) is 5.26 Å². The quantitative estimate of drug-likeness (QED) is 0.775. The Morgan fingerprint density at radius 3 is 3.00 bits per heavy atom. The molecule has 0 bridgehead atoms. The van der Waals surface area contributed by atoms with Crippen molar-refractivity contribution in [1.82, 2.24) is 5.32 Å². The topological polar surface area (TPSA) is 82.3 Å². The SMILES string of the molecule is COCC(CCO)NC(=O)c1cccc(C#N)c1. The van der Waals surface area contributed by atoms with Crippen molar-refractivity contribution >= 4 is 5.91 Å². The maximum absolute atomic E-state index is 11.9. The van der Waals surface area contributed by atoms with Crippen molar-refractivity contribution in [3.05, 3.63) is 35.4 Å². The van der Waals surface area contributed by atoms with Gasteiger partial charge in [-0.1, -0.05) is 6.07 Å². The number of hydrogen-bond acceptors (Lipinski definition) is 4. The first-order valence-electron chi connectivity index (χ1n) is 5.62. The highest BCUT2D eigenvalue weighted by molar-refractivity contribution is 5.94. The first-order chi connectivity index (χ1) is 8.71. The van der Waals surface area contributed by atoms with Gasteiger partial charge in [-0.15, -0.1) is 0 Å². The molecule has 1 rings (SSSR count). The number of ether oxygens (including phenoxy) is 1. The minimum absolute atomic E-state index is 0.0213. The van der Waals surface area contributed by atoms with E-state index in [-0.39, 0.29) is 18.6 Å². The van der Waals surface area contributed by atoms with Crippen LogP contribution in [0.25, 0.3) is 0 Å². The molecule has 96 valence electrons. The van der Waals surface area contributed by atoms with Crippen molar-refractivity contribution in [2.45, 2.75) is 12.5 Å². The lowest BCUT2D eigenvalue weighted by Gasteiger charge is -2.16. The van der Waals surface area contributed by atoms with Crippen LogP contribution in [0.15, 0.2) is 24.3 Å². The molecule has 0 aromatic heterocycles. The van der Waals surface area contributed by atoms with Crippen LogP contribution in [0.5, 0.6) is 0 Å². The summed E-state index contributed by atoms with van der Waals surface area (Å²) in [4.78, 5) is 11.9. The van der Waals surface area contributed by atoms with E-state index in [9.17, 15) is 4.79 Å². The van der Waals surface area contributed by atoms with E-state index in [4.69, 9.17) is 15.1 Å². The lowest BCUT2D eigenvalue weighted by Crippen LogP contribution is -2.38. The van der Waals surface area contributed by atoms with Gasteiger partial charge in [0, 0.05) is 19.3 Å². The maximum atomic E-state index is 11.9. The first-order valence-corrected chi connectivity index (χ1v) is 5.62. The fraction of sp³-hybridized carbons (Fsp3) is 0.385. The van der Waals surface area contributed by atoms with Gasteiger partial charge in [0.25, 0.3) is 5.91 Å². The second-order valence-electron chi connectivity index (χ2n) is 3.83. The smallest absolute Gasteiger partial charge is 0.251 e. The Labute approximate surface area is 106 Å². The van der Waals surface area contributed by atoms with Crippen LogP contribution < -0.4 is 5.32 Å². The van der Waals surface area contributed by atoms with Gasteiger partial charge < -0.3 is 15.2 Å². The van der Waals surface area contributed by atoms with Gasteiger partial charge in [-0.3, -0.25) is 4.79 Å². The largest absolute Gasteiger partial charge is 0.396 e. The normalized spacial score (nSPS) is 11.6. The third kappa shape index (κ3) is 4.17. The Morgan fingerprint density at radius 2 is 2.39 bits per heavy atom. The van der Waals surface area contributed by atoms with Gasteiger partial charge >= 0.3 is 0 Å². The number of carbonyl (C=O) groups is 1. The van der Waals surface area contributed by atoms with Crippen LogP contribution >= 0.6 is 0 Å². The van der Waals surface area contributed by atoms with Crippen molar-refractivity contribution in [3.8, 4) is 6.07 Å². The van der Waals surface area contributed by atoms with Gasteiger partial charge in [0.2, 0.25) is 0 Å². The van der Waals surface area contributed by atoms with E-state index in [1.807, 2.05) is 6.07 Å². The molecule has 5 nitrogen and oxygen atoms in total. The van der Waals surface area contributed by atoms with Crippen LogP contribution in [-0.4, -0.2) is 37.4 Å². The lowest BCUT2D eigenvalue weighted by molar-refractivity contribution is 0.0878. The summed E-state index contributed by atoms with van der Waals surface area (Å²) in [6, 6.07) is 8.20. The molecule has 0 aliphatic carbocycles. The van der Waals surface area contributed by atoms with Crippen LogP contribution in [-0.2, 0) is 4.74 Å². The molecule has 0 radical (unpaired) electrons. The maximum Gasteiger partial charge on any atom is 0.251 e. The van der Waals surface area contributed by atoms with Crippen LogP contribution in [0.1, 0.15) is 22.3 Å². The van der Waals surface area contributed by atoms with E-state index in [0.29, 0.717) is 24.2 Å². The predicted octanol–water partition coefficient (Wildman–Crippen LogP) is 0.685. The molecule has 18 heavy (non-hydrogen) atoms. The molecule has 1 aromatic rings. The molecule has 0 aliphatic rings. The molecular formula is C13H16N2O3. The number of rotatable bonds is 6. The van der Waals surface area contributed by atoms with Gasteiger partial charge in [0.1, 0.15) is 0 Å². The van der Waals surface area contributed by atoms with E-state index in [1.54, 1.807) is 18.2 Å². The predicted molar refractivity (Wildman–Crippen MR) is 66.0 cm³/mol. The zero-order chi connectivity index (χ0) is 13.4. The van der Waals surface area contributed by atoms with Gasteiger partial charge in [0.05, 0.1) is 24.3 Å². The minimum Gasteiger partial charge on any atom is -0.396 e. The molecule has 1 unspecified atom stereocenters. The summed E-state index contributed by atoms with van der Waals surface area (Å²) in [5.74, 6) is -0.275. The Balaban J connectivity index is 2.71. The van der Waals surface area contributed by atoms with Crippen LogP contribution in [0.4, 0.5) is 0 Å². The first kappa shape index (κ1) is 14.2. The fourth-order valence-electron chi connectivity index (χ4n) is 1.55. The third-order valence-electron chi connectivity index (χ3n) is 2.43. The molecule has 2 N–H and O–H groups in total. The van der Waals surface area contributed by atoms with E-state index in [2.05, 4.69) is 5.32 Å². The van der Waals surface area contributed by atoms with Crippen molar-refractivity contribution in [2.24, 2.45) is 0 Å². The molecule has 1 atom stereocenters. The number of nitrogens with one attached hydrogen (secondary N) is 1.